The van der Waals surface area contributed by atoms with Crippen molar-refractivity contribution in [1.29, 1.82) is 0 Å². The minimum atomic E-state index is -0.841. The molecule has 0 N–H and O–H groups in total. The first kappa shape index (κ1) is 75.5. The minimum absolute atomic E-state index is 0.128. The van der Waals surface area contributed by atoms with Gasteiger partial charge in [-0.15, -0.1) is 0 Å². The van der Waals surface area contributed by atoms with E-state index in [-0.39, 0.29) is 31.6 Å². The van der Waals surface area contributed by atoms with Crippen LogP contribution in [0, 0.1) is 0 Å². The summed E-state index contributed by atoms with van der Waals surface area (Å²) in [6.45, 7) is 6.29. The van der Waals surface area contributed by atoms with Crippen LogP contribution in [0.15, 0.2) is 182 Å². The molecule has 0 fully saturated rings. The molecule has 0 aliphatic heterocycles. The molecule has 0 spiro atoms. The Hall–Kier alpha value is -5.49. The molecule has 0 aliphatic carbocycles. The molecule has 452 valence electrons. The van der Waals surface area contributed by atoms with Crippen molar-refractivity contribution in [1.82, 2.24) is 0 Å². The van der Waals surface area contributed by atoms with Gasteiger partial charge in [-0.25, -0.2) is 0 Å². The molecule has 0 heterocycles. The van der Waals surface area contributed by atoms with E-state index in [0.29, 0.717) is 19.3 Å². The molecule has 0 aromatic carbocycles. The van der Waals surface area contributed by atoms with Crippen LogP contribution in [0.3, 0.4) is 0 Å². The first-order chi connectivity index (χ1) is 40.0. The Morgan fingerprint density at radius 3 is 0.802 bits per heavy atom. The topological polar surface area (TPSA) is 78.9 Å². The summed E-state index contributed by atoms with van der Waals surface area (Å²) in [7, 11) is 0. The molecule has 0 radical (unpaired) electrons. The van der Waals surface area contributed by atoms with E-state index in [4.69, 9.17) is 14.2 Å². The van der Waals surface area contributed by atoms with Gasteiger partial charge in [0, 0.05) is 19.3 Å². The third-order valence-corrected chi connectivity index (χ3v) is 12.9. The molecular formula is C75H116O6. The lowest BCUT2D eigenvalue weighted by molar-refractivity contribution is -0.166. The van der Waals surface area contributed by atoms with Gasteiger partial charge in [0.2, 0.25) is 0 Å². The monoisotopic (exact) mass is 1110 g/mol. The SMILES string of the molecule is CC/C=C\C/C=C\C/C=C\C/C=C\C/C=C\C/C=C\C/C=C\CCCCCCCCCC(=O)OCC(COC(=O)CCCCCCC/C=C\C/C=C\CCCCC)OC(=O)CC/C=C\C/C=C\C/C=C\C/C=C\C/C=C\C/C=C\CC. The molecule has 81 heavy (non-hydrogen) atoms. The minimum Gasteiger partial charge on any atom is -0.462 e. The summed E-state index contributed by atoms with van der Waals surface area (Å²) >= 11 is 0. The highest BCUT2D eigenvalue weighted by Gasteiger charge is 2.19. The third kappa shape index (κ3) is 65.2. The highest BCUT2D eigenvalue weighted by atomic mass is 16.6. The molecule has 0 rings (SSSR count). The highest BCUT2D eigenvalue weighted by molar-refractivity contribution is 5.71. The number of esters is 3. The van der Waals surface area contributed by atoms with Crippen LogP contribution < -0.4 is 0 Å². The molecule has 0 saturated heterocycles. The van der Waals surface area contributed by atoms with Crippen molar-refractivity contribution in [2.24, 2.45) is 0 Å². The Morgan fingerprint density at radius 2 is 0.506 bits per heavy atom. The molecule has 0 saturated carbocycles. The van der Waals surface area contributed by atoms with Crippen LogP contribution in [0.5, 0.6) is 0 Å². The summed E-state index contributed by atoms with van der Waals surface area (Å²) in [4.78, 5) is 38.3. The second-order valence-electron chi connectivity index (χ2n) is 20.5. The first-order valence-electron chi connectivity index (χ1n) is 32.3. The largest absolute Gasteiger partial charge is 0.462 e. The van der Waals surface area contributed by atoms with Gasteiger partial charge < -0.3 is 14.2 Å². The zero-order valence-electron chi connectivity index (χ0n) is 51.7. The van der Waals surface area contributed by atoms with E-state index < -0.39 is 12.1 Å². The molecule has 6 nitrogen and oxygen atoms in total. The fourth-order valence-corrected chi connectivity index (χ4v) is 8.12. The zero-order chi connectivity index (χ0) is 58.5. The lowest BCUT2D eigenvalue weighted by Crippen LogP contribution is -2.30. The number of carbonyl (C=O) groups excluding carboxylic acids is 3. The third-order valence-electron chi connectivity index (χ3n) is 12.9. The van der Waals surface area contributed by atoms with Crippen molar-refractivity contribution in [3.63, 3.8) is 0 Å². The smallest absolute Gasteiger partial charge is 0.306 e. The predicted octanol–water partition coefficient (Wildman–Crippen LogP) is 22.4. The van der Waals surface area contributed by atoms with Gasteiger partial charge >= 0.3 is 17.9 Å². The maximum Gasteiger partial charge on any atom is 0.306 e. The van der Waals surface area contributed by atoms with Gasteiger partial charge in [-0.2, -0.15) is 0 Å². The van der Waals surface area contributed by atoms with Crippen LogP contribution in [0.4, 0.5) is 0 Å². The summed E-state index contributed by atoms with van der Waals surface area (Å²) < 4.78 is 16.8. The average molecular weight is 1110 g/mol. The quantitative estimate of drug-likeness (QED) is 0.0261. The molecule has 1 unspecified atom stereocenters. The number of unbranched alkanes of at least 4 members (excludes halogenated alkanes) is 15. The second kappa shape index (κ2) is 67.0. The normalized spacial score (nSPS) is 13.4. The van der Waals surface area contributed by atoms with Crippen molar-refractivity contribution in [3.8, 4) is 0 Å². The summed E-state index contributed by atoms with van der Waals surface area (Å²) in [6, 6.07) is 0. The molecule has 1 atom stereocenters. The number of rotatable bonds is 56. The van der Waals surface area contributed by atoms with Gasteiger partial charge in [-0.3, -0.25) is 14.4 Å². The zero-order valence-corrected chi connectivity index (χ0v) is 51.7. The Morgan fingerprint density at radius 1 is 0.259 bits per heavy atom. The standard InChI is InChI=1S/C75H116O6/c1-4-7-10-13-16-19-22-25-28-30-32-33-34-35-36-37-38-39-40-41-43-44-47-50-53-56-59-62-65-68-74(77)80-71-72(70-79-73(76)67-64-61-58-55-52-49-46-27-24-21-18-15-12-9-6-3)81-75(78)69-66-63-60-57-54-51-48-45-42-31-29-26-23-20-17-14-11-8-5-2/h7-8,10-11,16-21,25-29,32-33,35-36,38-39,41-43,45-46,51,54,60,63,72H,4-6,9,12-15,22-24,30-31,34,37,40,44,47-50,52-53,55-59,61-62,64-71H2,1-3H3/b10-7-,11-8-,19-16-,20-17-,21-18-,28-25-,29-26-,33-32-,36-35-,39-38-,43-41-,45-42-,46-27-,54-51-,63-60-. The van der Waals surface area contributed by atoms with Gasteiger partial charge in [-0.05, 0) is 148 Å². The molecule has 0 aliphatic rings. The summed E-state index contributed by atoms with van der Waals surface area (Å²) in [5.74, 6) is -1.04. The van der Waals surface area contributed by atoms with Crippen molar-refractivity contribution >= 4 is 17.9 Å². The van der Waals surface area contributed by atoms with Crippen LogP contribution in [-0.4, -0.2) is 37.2 Å². The van der Waals surface area contributed by atoms with E-state index in [9.17, 15) is 14.4 Å². The molecule has 0 amide bonds. The number of carbonyl (C=O) groups is 3. The lowest BCUT2D eigenvalue weighted by atomic mass is 10.1. The van der Waals surface area contributed by atoms with E-state index in [1.165, 1.54) is 44.9 Å². The maximum absolute atomic E-state index is 12.9. The molecule has 6 heteroatoms. The van der Waals surface area contributed by atoms with Crippen molar-refractivity contribution in [2.75, 3.05) is 13.2 Å². The summed E-state index contributed by atoms with van der Waals surface area (Å²) in [6.07, 6.45) is 100. The van der Waals surface area contributed by atoms with Gasteiger partial charge in [0.05, 0.1) is 0 Å². The Kier molecular flexibility index (Phi) is 62.5. The van der Waals surface area contributed by atoms with Gasteiger partial charge in [0.1, 0.15) is 13.2 Å². The fraction of sp³-hybridized carbons (Fsp3) is 0.560. The van der Waals surface area contributed by atoms with Crippen LogP contribution >= 0.6 is 0 Å². The maximum atomic E-state index is 12.9. The van der Waals surface area contributed by atoms with E-state index >= 15 is 0 Å². The molecular weight excluding hydrogens is 997 g/mol. The molecule has 0 aromatic rings. The average Bonchev–Trinajstić information content (AvgIpc) is 3.47. The highest BCUT2D eigenvalue weighted by Crippen LogP contribution is 2.13. The van der Waals surface area contributed by atoms with Crippen LogP contribution in [-0.2, 0) is 28.6 Å². The Balaban J connectivity index is 4.50. The number of hydrogen-bond donors (Lipinski definition) is 0. The second-order valence-corrected chi connectivity index (χ2v) is 20.5. The Labute approximate surface area is 497 Å². The fourth-order valence-electron chi connectivity index (χ4n) is 8.12. The van der Waals surface area contributed by atoms with Crippen LogP contribution in [0.2, 0.25) is 0 Å². The molecule has 0 aromatic heterocycles. The number of ether oxygens (including phenoxy) is 3. The number of hydrogen-bond acceptors (Lipinski definition) is 6. The van der Waals surface area contributed by atoms with Crippen molar-refractivity contribution in [3.05, 3.63) is 182 Å². The van der Waals surface area contributed by atoms with Crippen LogP contribution in [0.1, 0.15) is 252 Å². The molecule has 0 bridgehead atoms. The van der Waals surface area contributed by atoms with E-state index in [2.05, 4.69) is 191 Å². The van der Waals surface area contributed by atoms with E-state index in [0.717, 1.165) is 161 Å². The van der Waals surface area contributed by atoms with E-state index in [1.807, 2.05) is 12.2 Å². The summed E-state index contributed by atoms with van der Waals surface area (Å²) in [5.41, 5.74) is 0. The van der Waals surface area contributed by atoms with Crippen molar-refractivity contribution in [2.45, 2.75) is 258 Å². The van der Waals surface area contributed by atoms with Crippen molar-refractivity contribution < 1.29 is 28.6 Å². The van der Waals surface area contributed by atoms with Crippen LogP contribution in [0.25, 0.3) is 0 Å². The first-order valence-corrected chi connectivity index (χ1v) is 32.3. The van der Waals surface area contributed by atoms with Gasteiger partial charge in [-0.1, -0.05) is 267 Å². The predicted molar refractivity (Wildman–Crippen MR) is 352 cm³/mol. The van der Waals surface area contributed by atoms with E-state index in [1.54, 1.807) is 0 Å². The summed E-state index contributed by atoms with van der Waals surface area (Å²) in [5, 5.41) is 0. The lowest BCUT2D eigenvalue weighted by Gasteiger charge is -2.18. The van der Waals surface area contributed by atoms with Gasteiger partial charge in [0.25, 0.3) is 0 Å². The number of allylic oxidation sites excluding steroid dienone is 30. The Bertz CT molecular complexity index is 1900. The van der Waals surface area contributed by atoms with Gasteiger partial charge in [0.15, 0.2) is 6.10 Å².